The first-order valence-corrected chi connectivity index (χ1v) is 39.3. The maximum absolute atomic E-state index is 4.50. The molecule has 0 aliphatic carbocycles. The van der Waals surface area contributed by atoms with E-state index >= 15 is 0 Å². The molecule has 22 nitrogen and oxygen atoms in total. The van der Waals surface area contributed by atoms with Gasteiger partial charge in [-0.05, 0) is 155 Å². The largest absolute Gasteiger partial charge is 0.346 e. The first-order valence-electron chi connectivity index (χ1n) is 39.3. The summed E-state index contributed by atoms with van der Waals surface area (Å²) in [6.45, 7) is 63.1. The number of aromatic amines is 2. The Hall–Kier alpha value is -10.9. The third-order valence-electron chi connectivity index (χ3n) is 20.0. The smallest absolute Gasteiger partial charge is 0.252 e. The van der Waals surface area contributed by atoms with Crippen molar-refractivity contribution in [1.82, 2.24) is 107 Å². The minimum Gasteiger partial charge on any atom is -0.346 e. The van der Waals surface area contributed by atoms with Crippen molar-refractivity contribution >= 4 is 83.1 Å². The number of nitrogens with zero attached hydrogens (tertiary/aromatic N) is 20. The van der Waals surface area contributed by atoms with Crippen LogP contribution in [0.1, 0.15) is 239 Å². The Bertz CT molecular complexity index is 5860. The molecular formula is C92H126N22. The zero-order valence-corrected chi connectivity index (χ0v) is 74.6. The minimum atomic E-state index is 0.000301. The Morgan fingerprint density at radius 1 is 0.368 bits per heavy atom. The molecule has 16 rings (SSSR count). The molecule has 2 N–H and O–H groups in total. The Morgan fingerprint density at radius 3 is 1.48 bits per heavy atom. The van der Waals surface area contributed by atoms with Gasteiger partial charge < -0.3 is 28.2 Å². The third-order valence-corrected chi connectivity index (χ3v) is 20.0. The number of aromatic nitrogens is 22. The van der Waals surface area contributed by atoms with Gasteiger partial charge >= 0.3 is 0 Å². The monoisotopic (exact) mass is 1540 g/mol. The van der Waals surface area contributed by atoms with Crippen LogP contribution in [0.3, 0.4) is 0 Å². The molecule has 604 valence electrons. The molecule has 0 aliphatic heterocycles. The van der Waals surface area contributed by atoms with Crippen molar-refractivity contribution in [3.63, 3.8) is 0 Å². The van der Waals surface area contributed by atoms with E-state index in [2.05, 4.69) is 362 Å². The van der Waals surface area contributed by atoms with Gasteiger partial charge in [0.15, 0.2) is 11.3 Å². The highest BCUT2D eigenvalue weighted by Crippen LogP contribution is 2.36. The predicted octanol–water partition coefficient (Wildman–Crippen LogP) is 20.6. The van der Waals surface area contributed by atoms with E-state index < -0.39 is 0 Å². The highest BCUT2D eigenvalue weighted by molar-refractivity contribution is 5.87. The molecule has 0 unspecified atom stereocenters. The third kappa shape index (κ3) is 20.0. The van der Waals surface area contributed by atoms with Crippen LogP contribution in [0.15, 0.2) is 136 Å². The molecule has 0 bridgehead atoms. The van der Waals surface area contributed by atoms with Gasteiger partial charge in [0.1, 0.15) is 52.2 Å². The maximum Gasteiger partial charge on any atom is 0.252 e. The molecule has 16 aromatic heterocycles. The predicted molar refractivity (Wildman–Crippen MR) is 471 cm³/mol. The van der Waals surface area contributed by atoms with E-state index in [4.69, 9.17) is 0 Å². The maximum atomic E-state index is 4.50. The van der Waals surface area contributed by atoms with Crippen LogP contribution in [0.2, 0.25) is 0 Å². The highest BCUT2D eigenvalue weighted by atomic mass is 15.3. The topological polar surface area (TPSA) is 241 Å². The van der Waals surface area contributed by atoms with Crippen molar-refractivity contribution in [2.75, 3.05) is 0 Å². The van der Waals surface area contributed by atoms with Crippen molar-refractivity contribution in [2.24, 2.45) is 35.2 Å². The Kier molecular flexibility index (Phi) is 25.4. The van der Waals surface area contributed by atoms with E-state index in [9.17, 15) is 0 Å². The van der Waals surface area contributed by atoms with E-state index in [1.165, 1.54) is 77.9 Å². The molecule has 0 aliphatic rings. The first kappa shape index (κ1) is 87.1. The molecule has 0 spiro atoms. The number of H-pyrrole nitrogens is 2. The summed E-state index contributed by atoms with van der Waals surface area (Å²) in [5.41, 5.74) is 23.8. The molecule has 0 fully saturated rings. The summed E-state index contributed by atoms with van der Waals surface area (Å²) in [5.74, 6) is 1.48. The van der Waals surface area contributed by atoms with E-state index in [1.54, 1.807) is 21.9 Å². The summed E-state index contributed by atoms with van der Waals surface area (Å²) in [6, 6.07) is 19.1. The molecule has 0 saturated carbocycles. The van der Waals surface area contributed by atoms with Gasteiger partial charge in [0.25, 0.3) is 5.78 Å². The van der Waals surface area contributed by atoms with Crippen molar-refractivity contribution in [1.29, 1.82) is 0 Å². The molecule has 0 atom stereocenters. The van der Waals surface area contributed by atoms with Crippen LogP contribution in [0.4, 0.5) is 0 Å². The average Bonchev–Trinajstić information content (AvgIpc) is 1.58. The number of imidazole rings is 1. The van der Waals surface area contributed by atoms with E-state index in [-0.39, 0.29) is 43.3 Å². The zero-order valence-electron chi connectivity index (χ0n) is 74.6. The van der Waals surface area contributed by atoms with E-state index in [0.717, 1.165) is 79.0 Å². The fourth-order valence-corrected chi connectivity index (χ4v) is 14.1. The number of hydrogen-bond donors (Lipinski definition) is 2. The lowest BCUT2D eigenvalue weighted by atomic mass is 9.85. The number of nitrogens with one attached hydrogen (secondary N) is 2. The van der Waals surface area contributed by atoms with Crippen LogP contribution in [0, 0.1) is 34.6 Å². The highest BCUT2D eigenvalue weighted by Gasteiger charge is 2.27. The van der Waals surface area contributed by atoms with Crippen LogP contribution in [-0.2, 0) is 78.6 Å². The Morgan fingerprint density at radius 2 is 0.904 bits per heavy atom. The summed E-state index contributed by atoms with van der Waals surface area (Å²) in [4.78, 5) is 58.3. The zero-order chi connectivity index (χ0) is 84.5. The molecule has 0 aromatic carbocycles. The van der Waals surface area contributed by atoms with Gasteiger partial charge in [0.05, 0.1) is 35.0 Å². The number of hydrogen-bond acceptors (Lipinski definition) is 14. The fraction of sp³-hybridized carbons (Fsp3) is 0.457. The lowest BCUT2D eigenvalue weighted by molar-refractivity contribution is 0.545. The van der Waals surface area contributed by atoms with E-state index in [1.807, 2.05) is 89.1 Å². The summed E-state index contributed by atoms with van der Waals surface area (Å²) in [6.07, 6.45) is 24.4. The second-order valence-corrected chi connectivity index (χ2v) is 38.2. The molecule has 22 heteroatoms. The molecule has 0 saturated heterocycles. The lowest BCUT2D eigenvalue weighted by Crippen LogP contribution is -2.18. The molecular weight excluding hydrogens is 1410 g/mol. The Balaban J connectivity index is 0.000000149. The molecule has 16 heterocycles. The van der Waals surface area contributed by atoms with Crippen molar-refractivity contribution in [3.8, 4) is 0 Å². The summed E-state index contributed by atoms with van der Waals surface area (Å²) < 4.78 is 11.8. The molecule has 0 radical (unpaired) electrons. The number of rotatable bonds is 0. The van der Waals surface area contributed by atoms with Gasteiger partial charge in [0.2, 0.25) is 0 Å². The van der Waals surface area contributed by atoms with Crippen LogP contribution < -0.4 is 0 Å². The van der Waals surface area contributed by atoms with Gasteiger partial charge in [-0.15, -0.1) is 0 Å². The quantitative estimate of drug-likeness (QED) is 0.144. The Labute approximate surface area is 675 Å². The lowest BCUT2D eigenvalue weighted by Gasteiger charge is -2.20. The molecule has 0 amide bonds. The van der Waals surface area contributed by atoms with Crippen molar-refractivity contribution in [2.45, 2.75) is 244 Å². The van der Waals surface area contributed by atoms with Crippen LogP contribution in [0.5, 0.6) is 0 Å². The second kappa shape index (κ2) is 33.3. The second-order valence-electron chi connectivity index (χ2n) is 38.2. The normalized spacial score (nSPS) is 12.3. The summed E-state index contributed by atoms with van der Waals surface area (Å²) in [5, 5.41) is 15.8. The van der Waals surface area contributed by atoms with Crippen molar-refractivity contribution in [3.05, 3.63) is 209 Å². The van der Waals surface area contributed by atoms with Gasteiger partial charge in [-0.3, -0.25) is 4.68 Å². The minimum absolute atomic E-state index is 0.000301. The van der Waals surface area contributed by atoms with Gasteiger partial charge in [0, 0.05) is 146 Å². The van der Waals surface area contributed by atoms with Crippen LogP contribution >= 0.6 is 0 Å². The van der Waals surface area contributed by atoms with Crippen LogP contribution in [0.25, 0.3) is 83.1 Å². The first-order chi connectivity index (χ1) is 52.8. The molecule has 114 heavy (non-hydrogen) atoms. The number of aryl methyl sites for hydroxylation is 10. The van der Waals surface area contributed by atoms with E-state index in [0.29, 0.717) is 5.78 Å². The number of fused-ring (bicyclic) bond motifs is 8. The van der Waals surface area contributed by atoms with Gasteiger partial charge in [-0.2, -0.15) is 15.2 Å². The summed E-state index contributed by atoms with van der Waals surface area (Å²) in [7, 11) is 9.99. The fourth-order valence-electron chi connectivity index (χ4n) is 14.1. The molecule has 16 aromatic rings. The SMILES string of the molecule is CC(C)(C)c1ccnc2[nH]ccc12.Cc1c[nH]c2nccc(C(C)(C)C)c12.Cc1cc(C(C)(C)C)n2ncnc2n1.Cc1cc2c(C(C)(C)C)ccnc2n1C.Cc1cn(C)c2nccc(C(C)(C)C)c12.Cc1nc(C(C)(C)C)c2ncn(C)c2n1.Cn1ccc2c(C(C)(C)C)ccnc21.Cn1ncc2c(C(C)(C)C)ncnc21. The number of pyridine rings is 5. The van der Waals surface area contributed by atoms with Crippen LogP contribution in [-0.4, -0.2) is 107 Å². The van der Waals surface area contributed by atoms with Gasteiger partial charge in [-0.1, -0.05) is 166 Å². The van der Waals surface area contributed by atoms with Crippen molar-refractivity contribution < 1.29 is 0 Å². The summed E-state index contributed by atoms with van der Waals surface area (Å²) >= 11 is 0. The standard InChI is InChI=1S/2C13H18N2.2C12H16N2.C11H16N4.C11H14N2.2C10H14N4/c1-9-8-10-11(13(2,3)4)6-7-14-12(10)15(9)5;1-9-8-15(5)12-11(9)10(6-7-14-12)13(2,3)4;1-12(2,3)10-5-7-13-11-9(10)6-8-14(11)4;1-8-7-14-11-10(8)9(5-6-13-11)12(2,3)4;1-7-13-9(11(2,3)4)8-10(14-7)15(5)6-12-8;1-11(2,3)9-5-7-13-10-8(9)4-6-12-10;1-10(2,3)8-7-5-13-14(4)9(7)12-6-11-8;1-7-5-8(10(2,3)4)14-9(13-7)11-6-12-14/h2*6-8H,1-5H3;5-8H,1-4H3;5-7H,1-4H3,(H,13,14);6H,1-5H3;4-7H,1-3H3,(H,12,13);2*5-6H,1-4H3. The average molecular weight is 1540 g/mol. The van der Waals surface area contributed by atoms with Gasteiger partial charge in [-0.25, -0.2) is 59.3 Å².